The Balaban J connectivity index is 1.98. The van der Waals surface area contributed by atoms with E-state index < -0.39 is 11.8 Å². The van der Waals surface area contributed by atoms with Gasteiger partial charge in [-0.25, -0.2) is 14.3 Å². The molecule has 2 heterocycles. The van der Waals surface area contributed by atoms with Gasteiger partial charge in [-0.05, 0) is 25.1 Å². The highest BCUT2D eigenvalue weighted by atomic mass is 16.5. The van der Waals surface area contributed by atoms with E-state index in [2.05, 4.69) is 20.6 Å². The van der Waals surface area contributed by atoms with Crippen LogP contribution in [0.3, 0.4) is 0 Å². The van der Waals surface area contributed by atoms with Crippen molar-refractivity contribution in [1.29, 1.82) is 10.7 Å². The fraction of sp³-hybridized carbons (Fsp3) is 0.111. The third-order valence-electron chi connectivity index (χ3n) is 3.66. The normalized spacial score (nSPS) is 11.1. The molecule has 1 aromatic carbocycles. The van der Waals surface area contributed by atoms with Crippen LogP contribution < -0.4 is 11.2 Å². The molecule has 0 fully saturated rings. The van der Waals surface area contributed by atoms with Gasteiger partial charge in [-0.15, -0.1) is 0 Å². The Labute approximate surface area is 159 Å². The number of anilines is 1. The number of aromatic nitrogens is 3. The van der Waals surface area contributed by atoms with Crippen molar-refractivity contribution < 1.29 is 9.53 Å². The summed E-state index contributed by atoms with van der Waals surface area (Å²) in [6, 6.07) is 12.2. The maximum atomic E-state index is 11.9. The highest BCUT2D eigenvalue weighted by molar-refractivity contribution is 6.45. The Hall–Kier alpha value is -4.26. The molecule has 4 N–H and O–H groups in total. The van der Waals surface area contributed by atoms with Gasteiger partial charge in [0.15, 0.2) is 17.2 Å². The third-order valence-corrected chi connectivity index (χ3v) is 3.66. The minimum absolute atomic E-state index is 0.167. The third kappa shape index (κ3) is 3.78. The molecule has 0 aliphatic rings. The van der Waals surface area contributed by atoms with Crippen molar-refractivity contribution in [3.63, 3.8) is 0 Å². The van der Waals surface area contributed by atoms with Crippen LogP contribution in [0.2, 0.25) is 0 Å². The number of carbonyl (C=O) groups is 1. The number of ether oxygens (including phenoxy) is 1. The summed E-state index contributed by atoms with van der Waals surface area (Å²) in [5.74, 6) is -0.943. The van der Waals surface area contributed by atoms with E-state index in [1.807, 2.05) is 6.07 Å². The molecule has 0 atom stereocenters. The molecular weight excluding hydrogens is 360 g/mol. The van der Waals surface area contributed by atoms with E-state index in [4.69, 9.17) is 21.1 Å². The smallest absolute Gasteiger partial charge is 0.358 e. The molecule has 0 radical (unpaired) electrons. The van der Waals surface area contributed by atoms with E-state index in [1.165, 1.54) is 0 Å². The maximum absolute atomic E-state index is 11.9. The van der Waals surface area contributed by atoms with Gasteiger partial charge in [-0.3, -0.25) is 10.8 Å². The molecule has 3 rings (SSSR count). The Morgan fingerprint density at radius 1 is 1.43 bits per heavy atom. The van der Waals surface area contributed by atoms with Crippen LogP contribution in [-0.2, 0) is 4.74 Å². The van der Waals surface area contributed by atoms with Crippen LogP contribution in [0.4, 0.5) is 5.69 Å². The SMILES string of the molecule is CCOC(=O)c1cc2nccc(-c3cccc(N/N=C(\C#N)C(=N)N)c3)n2n1. The summed E-state index contributed by atoms with van der Waals surface area (Å²) in [5, 5.41) is 24.3. The number of hydrogen-bond acceptors (Lipinski definition) is 8. The summed E-state index contributed by atoms with van der Waals surface area (Å²) in [6.07, 6.45) is 1.61. The van der Waals surface area contributed by atoms with Crippen molar-refractivity contribution in [1.82, 2.24) is 14.6 Å². The zero-order valence-electron chi connectivity index (χ0n) is 14.9. The molecule has 0 saturated heterocycles. The second kappa shape index (κ2) is 7.96. The summed E-state index contributed by atoms with van der Waals surface area (Å²) in [4.78, 5) is 16.2. The first-order chi connectivity index (χ1) is 13.5. The first-order valence-corrected chi connectivity index (χ1v) is 8.24. The van der Waals surface area contributed by atoms with E-state index in [0.717, 1.165) is 5.56 Å². The predicted molar refractivity (Wildman–Crippen MR) is 103 cm³/mol. The predicted octanol–water partition coefficient (Wildman–Crippen LogP) is 1.80. The molecule has 0 saturated carbocycles. The Morgan fingerprint density at radius 2 is 2.25 bits per heavy atom. The van der Waals surface area contributed by atoms with Gasteiger partial charge in [-0.1, -0.05) is 12.1 Å². The van der Waals surface area contributed by atoms with Gasteiger partial charge in [0.1, 0.15) is 6.07 Å². The monoisotopic (exact) mass is 376 g/mol. The second-order valence-corrected chi connectivity index (χ2v) is 5.53. The van der Waals surface area contributed by atoms with Crippen LogP contribution in [0.25, 0.3) is 16.9 Å². The summed E-state index contributed by atoms with van der Waals surface area (Å²) in [5.41, 5.74) is 10.5. The number of esters is 1. The van der Waals surface area contributed by atoms with Gasteiger partial charge in [0.2, 0.25) is 5.71 Å². The Kier molecular flexibility index (Phi) is 5.27. The first kappa shape index (κ1) is 18.5. The second-order valence-electron chi connectivity index (χ2n) is 5.53. The number of carbonyl (C=O) groups excluding carboxylic acids is 1. The summed E-state index contributed by atoms with van der Waals surface area (Å²) >= 11 is 0. The Bertz CT molecular complexity index is 1130. The fourth-order valence-corrected chi connectivity index (χ4v) is 2.43. The van der Waals surface area contributed by atoms with Gasteiger partial charge >= 0.3 is 5.97 Å². The van der Waals surface area contributed by atoms with E-state index in [-0.39, 0.29) is 18.0 Å². The molecule has 3 aromatic rings. The van der Waals surface area contributed by atoms with E-state index in [9.17, 15) is 4.79 Å². The molecule has 0 spiro atoms. The minimum Gasteiger partial charge on any atom is -0.461 e. The quantitative estimate of drug-likeness (QED) is 0.256. The van der Waals surface area contributed by atoms with Crippen LogP contribution in [0.1, 0.15) is 17.4 Å². The molecule has 0 bridgehead atoms. The van der Waals surface area contributed by atoms with Crippen molar-refractivity contribution in [2.45, 2.75) is 6.92 Å². The average molecular weight is 376 g/mol. The number of benzene rings is 1. The van der Waals surface area contributed by atoms with Crippen molar-refractivity contribution in [3.8, 4) is 17.3 Å². The first-order valence-electron chi connectivity index (χ1n) is 8.24. The number of nitrogens with zero attached hydrogens (tertiary/aromatic N) is 5. The van der Waals surface area contributed by atoms with Gasteiger partial charge in [0, 0.05) is 17.8 Å². The Morgan fingerprint density at radius 3 is 2.96 bits per heavy atom. The highest BCUT2D eigenvalue weighted by Gasteiger charge is 2.15. The molecule has 10 heteroatoms. The molecule has 28 heavy (non-hydrogen) atoms. The van der Waals surface area contributed by atoms with Crippen molar-refractivity contribution >= 4 is 28.9 Å². The molecule has 0 aliphatic carbocycles. The van der Waals surface area contributed by atoms with Gasteiger partial charge in [0.25, 0.3) is 0 Å². The summed E-state index contributed by atoms with van der Waals surface area (Å²) in [7, 11) is 0. The summed E-state index contributed by atoms with van der Waals surface area (Å²) in [6.45, 7) is 1.98. The number of fused-ring (bicyclic) bond motifs is 1. The fourth-order valence-electron chi connectivity index (χ4n) is 2.43. The van der Waals surface area contributed by atoms with Crippen molar-refractivity contribution in [2.75, 3.05) is 12.0 Å². The molecule has 10 nitrogen and oxygen atoms in total. The lowest BCUT2D eigenvalue weighted by Gasteiger charge is -2.07. The average Bonchev–Trinajstić information content (AvgIpc) is 3.13. The molecule has 0 amide bonds. The molecule has 0 unspecified atom stereocenters. The number of hydrogen-bond donors (Lipinski definition) is 3. The van der Waals surface area contributed by atoms with Crippen molar-refractivity contribution in [3.05, 3.63) is 48.3 Å². The zero-order valence-corrected chi connectivity index (χ0v) is 14.9. The van der Waals surface area contributed by atoms with Crippen LogP contribution in [-0.4, -0.2) is 38.7 Å². The molecule has 2 aromatic heterocycles. The minimum atomic E-state index is -0.517. The van der Waals surface area contributed by atoms with Gasteiger partial charge in [-0.2, -0.15) is 15.5 Å². The highest BCUT2D eigenvalue weighted by Crippen LogP contribution is 2.23. The maximum Gasteiger partial charge on any atom is 0.358 e. The van der Waals surface area contributed by atoms with Gasteiger partial charge < -0.3 is 10.5 Å². The van der Waals surface area contributed by atoms with Crippen LogP contribution in [0.15, 0.2) is 47.7 Å². The van der Waals surface area contributed by atoms with Crippen LogP contribution in [0, 0.1) is 16.7 Å². The molecular formula is C18H16N8O2. The number of nitrogens with one attached hydrogen (secondary N) is 2. The zero-order chi connectivity index (χ0) is 20.1. The number of nitriles is 1. The topological polar surface area (TPSA) is 155 Å². The van der Waals surface area contributed by atoms with Crippen LogP contribution in [0.5, 0.6) is 0 Å². The largest absolute Gasteiger partial charge is 0.461 e. The molecule has 0 aliphatic heterocycles. The number of hydrazone groups is 1. The van der Waals surface area contributed by atoms with E-state index in [1.54, 1.807) is 54.0 Å². The van der Waals surface area contributed by atoms with E-state index in [0.29, 0.717) is 17.0 Å². The summed E-state index contributed by atoms with van der Waals surface area (Å²) < 4.78 is 6.53. The standard InChI is InChI=1S/C18H16N8O2/c1-2-28-18(27)13-9-16-22-7-6-15(26(16)25-13)11-4-3-5-12(8-11)23-24-14(10-19)17(20)21/h3-9,23H,2H2,1H3,(H3,20,21)/b24-14+. The van der Waals surface area contributed by atoms with Crippen LogP contribution >= 0.6 is 0 Å². The lowest BCUT2D eigenvalue weighted by molar-refractivity contribution is 0.0519. The lowest BCUT2D eigenvalue weighted by Crippen LogP contribution is -2.21. The number of nitrogens with two attached hydrogens (primary N) is 1. The number of amidine groups is 1. The van der Waals surface area contributed by atoms with Gasteiger partial charge in [0.05, 0.1) is 18.0 Å². The van der Waals surface area contributed by atoms with Crippen molar-refractivity contribution in [2.24, 2.45) is 10.8 Å². The number of rotatable bonds is 6. The molecule has 140 valence electrons. The van der Waals surface area contributed by atoms with E-state index >= 15 is 0 Å². The lowest BCUT2D eigenvalue weighted by atomic mass is 10.1.